The number of anilines is 1. The van der Waals surface area contributed by atoms with Gasteiger partial charge in [-0.1, -0.05) is 30.3 Å². The minimum Gasteiger partial charge on any atom is -0.362 e. The molecule has 0 amide bonds. The highest BCUT2D eigenvalue weighted by molar-refractivity contribution is 7.17. The maximum absolute atomic E-state index is 14.8. The first-order valence-electron chi connectivity index (χ1n) is 9.59. The molecule has 4 aromatic rings. The van der Waals surface area contributed by atoms with E-state index in [0.717, 1.165) is 22.3 Å². The largest absolute Gasteiger partial charge is 0.362 e. The predicted octanol–water partition coefficient (Wildman–Crippen LogP) is 4.39. The maximum Gasteiger partial charge on any atom is 0.162 e. The van der Waals surface area contributed by atoms with E-state index < -0.39 is 6.17 Å². The van der Waals surface area contributed by atoms with Gasteiger partial charge in [-0.05, 0) is 29.1 Å². The van der Waals surface area contributed by atoms with Gasteiger partial charge in [-0.15, -0.1) is 11.3 Å². The average molecular weight is 406 g/mol. The van der Waals surface area contributed by atoms with Crippen LogP contribution in [0.2, 0.25) is 0 Å². The molecule has 0 radical (unpaired) electrons. The van der Waals surface area contributed by atoms with E-state index in [1.54, 1.807) is 23.7 Å². The first kappa shape index (κ1) is 18.1. The molecule has 0 aliphatic carbocycles. The van der Waals surface area contributed by atoms with Gasteiger partial charge in [-0.3, -0.25) is 9.88 Å². The van der Waals surface area contributed by atoms with Gasteiger partial charge in [0.25, 0.3) is 0 Å². The van der Waals surface area contributed by atoms with Crippen LogP contribution in [0.15, 0.2) is 66.3 Å². The monoisotopic (exact) mass is 405 g/mol. The number of likely N-dealkylation sites (tertiary alicyclic amines) is 1. The Kier molecular flexibility index (Phi) is 4.91. The number of rotatable bonds is 5. The number of halogens is 1. The predicted molar refractivity (Wildman–Crippen MR) is 115 cm³/mol. The molecular formula is C22H20FN5S. The van der Waals surface area contributed by atoms with Gasteiger partial charge in [0.15, 0.2) is 5.82 Å². The molecule has 146 valence electrons. The lowest BCUT2D eigenvalue weighted by atomic mass is 10.2. The number of nitrogens with zero attached hydrogens (tertiary/aromatic N) is 4. The van der Waals surface area contributed by atoms with Crippen LogP contribution >= 0.6 is 11.3 Å². The molecule has 4 heterocycles. The molecule has 5 nitrogen and oxygen atoms in total. The van der Waals surface area contributed by atoms with E-state index in [0.29, 0.717) is 24.7 Å². The fourth-order valence-electron chi connectivity index (χ4n) is 3.71. The first-order valence-corrected chi connectivity index (χ1v) is 10.5. The van der Waals surface area contributed by atoms with E-state index >= 15 is 0 Å². The molecular weight excluding hydrogens is 385 g/mol. The van der Waals surface area contributed by atoms with Crippen LogP contribution in [0.5, 0.6) is 0 Å². The fourth-order valence-corrected chi connectivity index (χ4v) is 4.50. The molecule has 7 heteroatoms. The quantitative estimate of drug-likeness (QED) is 0.534. The molecule has 0 saturated carbocycles. The number of pyridine rings is 1. The number of thiophene rings is 1. The van der Waals surface area contributed by atoms with E-state index in [1.807, 2.05) is 41.8 Å². The molecule has 0 unspecified atom stereocenters. The Morgan fingerprint density at radius 3 is 2.69 bits per heavy atom. The topological polar surface area (TPSA) is 53.9 Å². The Morgan fingerprint density at radius 1 is 1.03 bits per heavy atom. The summed E-state index contributed by atoms with van der Waals surface area (Å²) in [6.07, 6.45) is 2.49. The number of hydrogen-bond donors (Lipinski definition) is 1. The first-order chi connectivity index (χ1) is 14.3. The van der Waals surface area contributed by atoms with Crippen LogP contribution in [0.4, 0.5) is 10.2 Å². The summed E-state index contributed by atoms with van der Waals surface area (Å²) in [4.78, 5) is 15.6. The van der Waals surface area contributed by atoms with Gasteiger partial charge < -0.3 is 5.32 Å². The minimum atomic E-state index is -0.951. The normalized spacial score (nSPS) is 19.6. The molecule has 2 atom stereocenters. The van der Waals surface area contributed by atoms with Gasteiger partial charge in [0.2, 0.25) is 0 Å². The minimum absolute atomic E-state index is 0.302. The lowest BCUT2D eigenvalue weighted by molar-refractivity contribution is 0.281. The lowest BCUT2D eigenvalue weighted by Gasteiger charge is -2.17. The molecule has 29 heavy (non-hydrogen) atoms. The number of nitrogens with one attached hydrogen (secondary N) is 1. The summed E-state index contributed by atoms with van der Waals surface area (Å²) < 4.78 is 15.8. The second kappa shape index (κ2) is 7.85. The Morgan fingerprint density at radius 2 is 1.86 bits per heavy atom. The molecule has 3 aromatic heterocycles. The van der Waals surface area contributed by atoms with E-state index in [9.17, 15) is 4.39 Å². The van der Waals surface area contributed by atoms with Gasteiger partial charge in [0.1, 0.15) is 12.0 Å². The van der Waals surface area contributed by atoms with Crippen molar-refractivity contribution in [1.82, 2.24) is 19.9 Å². The highest BCUT2D eigenvalue weighted by atomic mass is 32.1. The lowest BCUT2D eigenvalue weighted by Crippen LogP contribution is -2.30. The fraction of sp³-hybridized carbons (Fsp3) is 0.227. The van der Waals surface area contributed by atoms with Crippen LogP contribution in [0, 0.1) is 0 Å². The molecule has 1 aliphatic rings. The van der Waals surface area contributed by atoms with Crippen molar-refractivity contribution in [2.24, 2.45) is 0 Å². The van der Waals surface area contributed by atoms with Gasteiger partial charge in [-0.2, -0.15) is 0 Å². The van der Waals surface area contributed by atoms with E-state index in [1.165, 1.54) is 5.56 Å². The van der Waals surface area contributed by atoms with Gasteiger partial charge >= 0.3 is 0 Å². The van der Waals surface area contributed by atoms with Crippen molar-refractivity contribution < 1.29 is 4.39 Å². The van der Waals surface area contributed by atoms with Crippen LogP contribution in [0.1, 0.15) is 5.56 Å². The van der Waals surface area contributed by atoms with Crippen LogP contribution in [0.25, 0.3) is 21.6 Å². The van der Waals surface area contributed by atoms with E-state index in [-0.39, 0.29) is 6.04 Å². The molecule has 1 saturated heterocycles. The standard InChI is InChI=1S/C22H20FN5S/c23-17-13-28(12-15-4-2-1-3-5-15)14-19(17)26-22-20-18(8-11-29-20)25-21(27-22)16-6-9-24-10-7-16/h1-11,17,19H,12-14H2,(H,25,26,27)/t17-,19+/m1/s1. The molecule has 5 rings (SSSR count). The van der Waals surface area contributed by atoms with Crippen molar-refractivity contribution in [3.05, 3.63) is 71.9 Å². The number of hydrogen-bond acceptors (Lipinski definition) is 6. The summed E-state index contributed by atoms with van der Waals surface area (Å²) in [5.41, 5.74) is 2.96. The van der Waals surface area contributed by atoms with Crippen LogP contribution in [-0.4, -0.2) is 45.2 Å². The van der Waals surface area contributed by atoms with E-state index in [4.69, 9.17) is 4.98 Å². The van der Waals surface area contributed by atoms with Gasteiger partial charge in [-0.25, -0.2) is 14.4 Å². The SMILES string of the molecule is F[C@@H]1CN(Cc2ccccc2)C[C@@H]1Nc1nc(-c2ccncc2)nc2ccsc12. The van der Waals surface area contributed by atoms with Crippen molar-refractivity contribution >= 4 is 27.4 Å². The average Bonchev–Trinajstić information content (AvgIpc) is 3.36. The highest BCUT2D eigenvalue weighted by Gasteiger charge is 2.33. The van der Waals surface area contributed by atoms with Crippen molar-refractivity contribution in [2.45, 2.75) is 18.8 Å². The Bertz CT molecular complexity index is 1100. The van der Waals surface area contributed by atoms with Crippen molar-refractivity contribution in [2.75, 3.05) is 18.4 Å². The smallest absolute Gasteiger partial charge is 0.162 e. The third-order valence-corrected chi connectivity index (χ3v) is 6.05. The van der Waals surface area contributed by atoms with Crippen LogP contribution in [0.3, 0.4) is 0 Å². The van der Waals surface area contributed by atoms with Gasteiger partial charge in [0, 0.05) is 37.6 Å². The summed E-state index contributed by atoms with van der Waals surface area (Å²) >= 11 is 1.57. The molecule has 1 aromatic carbocycles. The van der Waals surface area contributed by atoms with E-state index in [2.05, 4.69) is 32.3 Å². The zero-order valence-electron chi connectivity index (χ0n) is 15.7. The second-order valence-corrected chi connectivity index (χ2v) is 8.13. The number of benzene rings is 1. The Balaban J connectivity index is 1.39. The third-order valence-electron chi connectivity index (χ3n) is 5.14. The third kappa shape index (κ3) is 3.83. The summed E-state index contributed by atoms with van der Waals surface area (Å²) in [5, 5.41) is 5.36. The van der Waals surface area contributed by atoms with Crippen molar-refractivity contribution in [3.8, 4) is 11.4 Å². The Hall–Kier alpha value is -2.90. The summed E-state index contributed by atoms with van der Waals surface area (Å²) in [5.74, 6) is 1.32. The molecule has 1 N–H and O–H groups in total. The summed E-state index contributed by atoms with van der Waals surface area (Å²) in [6, 6.07) is 15.6. The highest BCUT2D eigenvalue weighted by Crippen LogP contribution is 2.31. The number of fused-ring (bicyclic) bond motifs is 1. The summed E-state index contributed by atoms with van der Waals surface area (Å²) in [7, 11) is 0. The van der Waals surface area contributed by atoms with Crippen molar-refractivity contribution in [3.63, 3.8) is 0 Å². The number of aromatic nitrogens is 3. The molecule has 0 bridgehead atoms. The summed E-state index contributed by atoms with van der Waals surface area (Å²) in [6.45, 7) is 1.81. The zero-order valence-corrected chi connectivity index (χ0v) is 16.5. The molecule has 1 aliphatic heterocycles. The van der Waals surface area contributed by atoms with Crippen molar-refractivity contribution in [1.29, 1.82) is 0 Å². The Labute approximate surface area is 172 Å². The second-order valence-electron chi connectivity index (χ2n) is 7.21. The van der Waals surface area contributed by atoms with Gasteiger partial charge in [0.05, 0.1) is 16.3 Å². The number of alkyl halides is 1. The molecule has 0 spiro atoms. The molecule has 1 fully saturated rings. The zero-order chi connectivity index (χ0) is 19.6. The van der Waals surface area contributed by atoms with Crippen LogP contribution < -0.4 is 5.32 Å². The maximum atomic E-state index is 14.8. The van der Waals surface area contributed by atoms with Crippen LogP contribution in [-0.2, 0) is 6.54 Å².